The van der Waals surface area contributed by atoms with Gasteiger partial charge in [0.15, 0.2) is 0 Å². The van der Waals surface area contributed by atoms with Gasteiger partial charge in [0.2, 0.25) is 0 Å². The Morgan fingerprint density at radius 2 is 2.00 bits per heavy atom. The molecule has 1 rings (SSSR count). The fraction of sp³-hybridized carbons (Fsp3) is 0.125. The van der Waals surface area contributed by atoms with Gasteiger partial charge in [0.05, 0.1) is 10.5 Å². The largest absolute Gasteiger partial charge is 0.478 e. The van der Waals surface area contributed by atoms with Gasteiger partial charge in [-0.25, -0.2) is 13.2 Å². The molecular weight excluding hydrogens is 228 g/mol. The fourth-order valence-electron chi connectivity index (χ4n) is 1.01. The Morgan fingerprint density at radius 3 is 2.43 bits per heavy atom. The van der Waals surface area contributed by atoms with Crippen LogP contribution in [0.3, 0.4) is 0 Å². The highest BCUT2D eigenvalue weighted by molar-refractivity contribution is 8.13. The third kappa shape index (κ3) is 2.24. The lowest BCUT2D eigenvalue weighted by atomic mass is 10.1. The number of halogens is 1. The van der Waals surface area contributed by atoms with E-state index >= 15 is 0 Å². The van der Waals surface area contributed by atoms with Crippen LogP contribution in [0.5, 0.6) is 0 Å². The first-order chi connectivity index (χ1) is 6.32. The standard InChI is InChI=1S/C8H7ClO4S/c1-5-2-3-6(8(10)11)7(4-5)14(9,12)13/h2-4H,1H3,(H,10,11). The molecular formula is C8H7ClO4S. The molecule has 0 atom stereocenters. The van der Waals surface area contributed by atoms with Gasteiger partial charge in [0.1, 0.15) is 0 Å². The van der Waals surface area contributed by atoms with Gasteiger partial charge in [-0.15, -0.1) is 0 Å². The maximum absolute atomic E-state index is 11.0. The van der Waals surface area contributed by atoms with Crippen molar-refractivity contribution in [1.29, 1.82) is 0 Å². The van der Waals surface area contributed by atoms with Gasteiger partial charge >= 0.3 is 5.97 Å². The Labute approximate surface area is 85.5 Å². The summed E-state index contributed by atoms with van der Waals surface area (Å²) in [6, 6.07) is 3.95. The number of carboxylic acid groups (broad SMARTS) is 1. The minimum atomic E-state index is -4.01. The van der Waals surface area contributed by atoms with E-state index < -0.39 is 15.0 Å². The lowest BCUT2D eigenvalue weighted by Gasteiger charge is -2.02. The predicted molar refractivity (Wildman–Crippen MR) is 51.2 cm³/mol. The van der Waals surface area contributed by atoms with E-state index in [-0.39, 0.29) is 10.5 Å². The maximum atomic E-state index is 11.0. The Bertz CT molecular complexity index is 478. The summed E-state index contributed by atoms with van der Waals surface area (Å²) in [6.07, 6.45) is 0. The summed E-state index contributed by atoms with van der Waals surface area (Å²) in [4.78, 5) is 10.3. The highest BCUT2D eigenvalue weighted by Gasteiger charge is 2.19. The molecule has 0 fully saturated rings. The number of benzene rings is 1. The van der Waals surface area contributed by atoms with E-state index in [0.717, 1.165) is 0 Å². The van der Waals surface area contributed by atoms with Crippen molar-refractivity contribution in [2.45, 2.75) is 11.8 Å². The van der Waals surface area contributed by atoms with Crippen molar-refractivity contribution in [1.82, 2.24) is 0 Å². The van der Waals surface area contributed by atoms with E-state index in [1.807, 2.05) is 0 Å². The van der Waals surface area contributed by atoms with Crippen molar-refractivity contribution >= 4 is 25.7 Å². The molecule has 0 aliphatic carbocycles. The summed E-state index contributed by atoms with van der Waals surface area (Å²) >= 11 is 0. The number of hydrogen-bond donors (Lipinski definition) is 1. The normalized spacial score (nSPS) is 11.3. The molecule has 6 heteroatoms. The van der Waals surface area contributed by atoms with Crippen LogP contribution in [0.25, 0.3) is 0 Å². The second-order valence-corrected chi connectivity index (χ2v) is 5.28. The number of aryl methyl sites for hydroxylation is 1. The molecule has 1 aromatic rings. The van der Waals surface area contributed by atoms with Crippen molar-refractivity contribution in [2.24, 2.45) is 0 Å². The van der Waals surface area contributed by atoms with Crippen LogP contribution in [0.2, 0.25) is 0 Å². The molecule has 0 radical (unpaired) electrons. The van der Waals surface area contributed by atoms with Crippen LogP contribution in [0.15, 0.2) is 23.1 Å². The first kappa shape index (κ1) is 11.0. The van der Waals surface area contributed by atoms with Gasteiger partial charge in [0.25, 0.3) is 9.05 Å². The van der Waals surface area contributed by atoms with Crippen molar-refractivity contribution in [3.8, 4) is 0 Å². The van der Waals surface area contributed by atoms with Gasteiger partial charge in [-0.05, 0) is 24.6 Å². The monoisotopic (exact) mass is 234 g/mol. The molecule has 0 saturated carbocycles. The molecule has 0 spiro atoms. The number of carbonyl (C=O) groups is 1. The van der Waals surface area contributed by atoms with Crippen molar-refractivity contribution in [3.05, 3.63) is 29.3 Å². The molecule has 0 aliphatic rings. The number of hydrogen-bond acceptors (Lipinski definition) is 3. The summed E-state index contributed by atoms with van der Waals surface area (Å²) < 4.78 is 22.0. The van der Waals surface area contributed by atoms with E-state index in [9.17, 15) is 13.2 Å². The van der Waals surface area contributed by atoms with Crippen molar-refractivity contribution in [2.75, 3.05) is 0 Å². The number of rotatable bonds is 2. The first-order valence-electron chi connectivity index (χ1n) is 3.61. The Balaban J connectivity index is 3.54. The van der Waals surface area contributed by atoms with E-state index in [2.05, 4.69) is 0 Å². The summed E-state index contributed by atoms with van der Waals surface area (Å²) in [6.45, 7) is 1.65. The van der Waals surface area contributed by atoms with Crippen molar-refractivity contribution < 1.29 is 18.3 Å². The van der Waals surface area contributed by atoms with Gasteiger partial charge in [-0.3, -0.25) is 0 Å². The molecule has 0 aliphatic heterocycles. The zero-order chi connectivity index (χ0) is 10.9. The molecule has 0 unspecified atom stereocenters. The van der Waals surface area contributed by atoms with Gasteiger partial charge in [-0.1, -0.05) is 6.07 Å². The molecule has 0 heterocycles. The van der Waals surface area contributed by atoms with E-state index in [1.165, 1.54) is 18.2 Å². The van der Waals surface area contributed by atoms with Crippen LogP contribution in [0.4, 0.5) is 0 Å². The predicted octanol–water partition coefficient (Wildman–Crippen LogP) is 1.62. The van der Waals surface area contributed by atoms with Crippen LogP contribution in [0, 0.1) is 6.92 Å². The average molecular weight is 235 g/mol. The minimum absolute atomic E-state index is 0.314. The Kier molecular flexibility index (Phi) is 2.82. The fourth-order valence-corrected chi connectivity index (χ4v) is 2.14. The third-order valence-electron chi connectivity index (χ3n) is 1.63. The topological polar surface area (TPSA) is 71.4 Å². The Hall–Kier alpha value is -1.07. The van der Waals surface area contributed by atoms with Crippen LogP contribution in [0.1, 0.15) is 15.9 Å². The highest BCUT2D eigenvalue weighted by Crippen LogP contribution is 2.21. The van der Waals surface area contributed by atoms with Gasteiger partial charge in [0, 0.05) is 10.7 Å². The lowest BCUT2D eigenvalue weighted by molar-refractivity contribution is 0.0692. The summed E-state index contributed by atoms with van der Waals surface area (Å²) in [5.74, 6) is -1.32. The smallest absolute Gasteiger partial charge is 0.337 e. The average Bonchev–Trinajstić information content (AvgIpc) is 2.01. The minimum Gasteiger partial charge on any atom is -0.478 e. The molecule has 0 amide bonds. The molecule has 1 N–H and O–H groups in total. The molecule has 0 bridgehead atoms. The van der Waals surface area contributed by atoms with Gasteiger partial charge in [-0.2, -0.15) is 0 Å². The molecule has 14 heavy (non-hydrogen) atoms. The Morgan fingerprint density at radius 1 is 1.43 bits per heavy atom. The zero-order valence-corrected chi connectivity index (χ0v) is 8.76. The quantitative estimate of drug-likeness (QED) is 0.790. The third-order valence-corrected chi connectivity index (χ3v) is 2.99. The van der Waals surface area contributed by atoms with Gasteiger partial charge < -0.3 is 5.11 Å². The second-order valence-electron chi connectivity index (χ2n) is 2.74. The molecule has 76 valence electrons. The number of carboxylic acids is 1. The molecule has 0 saturated heterocycles. The molecule has 0 aromatic heterocycles. The summed E-state index contributed by atoms with van der Waals surface area (Å²) in [7, 11) is 1.08. The van der Waals surface area contributed by atoms with Crippen LogP contribution < -0.4 is 0 Å². The van der Waals surface area contributed by atoms with E-state index in [1.54, 1.807) is 6.92 Å². The lowest BCUT2D eigenvalue weighted by Crippen LogP contribution is -2.04. The van der Waals surface area contributed by atoms with Crippen LogP contribution in [-0.4, -0.2) is 19.5 Å². The van der Waals surface area contributed by atoms with E-state index in [0.29, 0.717) is 5.56 Å². The zero-order valence-electron chi connectivity index (χ0n) is 7.19. The van der Waals surface area contributed by atoms with Crippen molar-refractivity contribution in [3.63, 3.8) is 0 Å². The first-order valence-corrected chi connectivity index (χ1v) is 5.92. The second kappa shape index (κ2) is 3.59. The highest BCUT2D eigenvalue weighted by atomic mass is 35.7. The van der Waals surface area contributed by atoms with Crippen LogP contribution in [-0.2, 0) is 9.05 Å². The maximum Gasteiger partial charge on any atom is 0.337 e. The molecule has 4 nitrogen and oxygen atoms in total. The van der Waals surface area contributed by atoms with Crippen LogP contribution >= 0.6 is 10.7 Å². The SMILES string of the molecule is Cc1ccc(C(=O)O)c(S(=O)(=O)Cl)c1. The number of aromatic carboxylic acids is 1. The summed E-state index contributed by atoms with van der Waals surface area (Å²) in [5.41, 5.74) is 0.319. The molecule has 1 aromatic carbocycles. The summed E-state index contributed by atoms with van der Waals surface area (Å²) in [5, 5.41) is 8.70. The van der Waals surface area contributed by atoms with E-state index in [4.69, 9.17) is 15.8 Å².